The Bertz CT molecular complexity index is 664. The second kappa shape index (κ2) is 4.98. The number of terminal acetylenes is 1. The van der Waals surface area contributed by atoms with Crippen LogP contribution in [0.25, 0.3) is 5.57 Å². The summed E-state index contributed by atoms with van der Waals surface area (Å²) >= 11 is 0. The van der Waals surface area contributed by atoms with Crippen molar-refractivity contribution in [1.82, 2.24) is 9.55 Å². The number of aromatic carboxylic acids is 1. The molecule has 0 atom stereocenters. The molecule has 1 aliphatic heterocycles. The van der Waals surface area contributed by atoms with E-state index in [1.54, 1.807) is 0 Å². The van der Waals surface area contributed by atoms with E-state index in [0.29, 0.717) is 23.3 Å². The molecule has 2 heterocycles. The predicted octanol–water partition coefficient (Wildman–Crippen LogP) is 0.856. The quantitative estimate of drug-likeness (QED) is 0.815. The Morgan fingerprint density at radius 3 is 3.00 bits per heavy atom. The van der Waals surface area contributed by atoms with Gasteiger partial charge < -0.3 is 9.84 Å². The van der Waals surface area contributed by atoms with Crippen LogP contribution in [0, 0.1) is 12.3 Å². The summed E-state index contributed by atoms with van der Waals surface area (Å²) < 4.78 is 6.17. The molecule has 0 radical (unpaired) electrons. The third-order valence-electron chi connectivity index (χ3n) is 2.84. The maximum Gasteiger partial charge on any atom is 0.372 e. The van der Waals surface area contributed by atoms with Crippen molar-refractivity contribution in [1.29, 1.82) is 0 Å². The fourth-order valence-corrected chi connectivity index (χ4v) is 1.92. The second-order valence-corrected chi connectivity index (χ2v) is 3.97. The zero-order chi connectivity index (χ0) is 14.0. The van der Waals surface area contributed by atoms with Gasteiger partial charge in [-0.05, 0) is 6.42 Å². The first-order chi connectivity index (χ1) is 9.10. The summed E-state index contributed by atoms with van der Waals surface area (Å²) in [5.74, 6) is 0.631. The average Bonchev–Trinajstić information content (AvgIpc) is 2.41. The van der Waals surface area contributed by atoms with Gasteiger partial charge in [0.2, 0.25) is 5.82 Å². The lowest BCUT2D eigenvalue weighted by atomic mass is 10.0. The van der Waals surface area contributed by atoms with Gasteiger partial charge in [0.15, 0.2) is 0 Å². The predicted molar refractivity (Wildman–Crippen MR) is 67.3 cm³/mol. The normalized spacial score (nSPS) is 12.9. The molecule has 1 aromatic rings. The fourth-order valence-electron chi connectivity index (χ4n) is 1.92. The molecule has 98 valence electrons. The number of carboxylic acids is 1. The van der Waals surface area contributed by atoms with Gasteiger partial charge in [-0.2, -0.15) is 0 Å². The Morgan fingerprint density at radius 1 is 1.68 bits per heavy atom. The minimum absolute atomic E-state index is 0.0785. The number of aromatic nitrogens is 2. The zero-order valence-corrected chi connectivity index (χ0v) is 10.3. The van der Waals surface area contributed by atoms with Crippen LogP contribution in [0.4, 0.5) is 0 Å². The van der Waals surface area contributed by atoms with E-state index in [0.717, 1.165) is 4.57 Å². The van der Waals surface area contributed by atoms with Gasteiger partial charge in [0.1, 0.15) is 6.61 Å². The van der Waals surface area contributed by atoms with Crippen LogP contribution in [-0.4, -0.2) is 20.6 Å². The van der Waals surface area contributed by atoms with Crippen molar-refractivity contribution in [2.45, 2.75) is 26.5 Å². The Morgan fingerprint density at radius 2 is 2.42 bits per heavy atom. The number of hydrogen-bond donors (Lipinski definition) is 1. The molecule has 0 bridgehead atoms. The minimum Gasteiger partial charge on any atom is -0.496 e. The van der Waals surface area contributed by atoms with Gasteiger partial charge in [-0.1, -0.05) is 12.8 Å². The lowest BCUT2D eigenvalue weighted by molar-refractivity contribution is 0.0675. The smallest absolute Gasteiger partial charge is 0.372 e. The summed E-state index contributed by atoms with van der Waals surface area (Å²) in [6, 6.07) is 0. The zero-order valence-electron chi connectivity index (χ0n) is 10.3. The highest BCUT2D eigenvalue weighted by Crippen LogP contribution is 2.23. The molecule has 6 nitrogen and oxygen atoms in total. The van der Waals surface area contributed by atoms with Crippen LogP contribution < -0.4 is 5.56 Å². The molecule has 0 saturated carbocycles. The summed E-state index contributed by atoms with van der Waals surface area (Å²) in [5, 5.41) is 9.14. The fraction of sp³-hybridized carbons (Fsp3) is 0.308. The molecule has 2 rings (SSSR count). The molecule has 0 aromatic carbocycles. The Balaban J connectivity index is 2.76. The molecule has 19 heavy (non-hydrogen) atoms. The van der Waals surface area contributed by atoms with Crippen molar-refractivity contribution in [3.63, 3.8) is 0 Å². The van der Waals surface area contributed by atoms with E-state index >= 15 is 0 Å². The Labute approximate surface area is 109 Å². The lowest BCUT2D eigenvalue weighted by Gasteiger charge is -2.18. The van der Waals surface area contributed by atoms with E-state index < -0.39 is 11.5 Å². The maximum atomic E-state index is 12.2. The van der Waals surface area contributed by atoms with E-state index in [1.807, 2.05) is 6.92 Å². The first kappa shape index (κ1) is 12.9. The number of carboxylic acid groups (broad SMARTS) is 1. The van der Waals surface area contributed by atoms with E-state index in [1.165, 1.54) is 6.26 Å². The van der Waals surface area contributed by atoms with E-state index in [2.05, 4.69) is 10.9 Å². The number of fused-ring (bicyclic) bond motifs is 1. The number of rotatable bonds is 3. The van der Waals surface area contributed by atoms with Crippen molar-refractivity contribution in [3.05, 3.63) is 33.7 Å². The number of carbonyl (C=O) groups is 1. The highest BCUT2D eigenvalue weighted by Gasteiger charge is 2.24. The van der Waals surface area contributed by atoms with Crippen molar-refractivity contribution in [2.75, 3.05) is 0 Å². The third kappa shape index (κ3) is 2.10. The van der Waals surface area contributed by atoms with E-state index in [-0.39, 0.29) is 19.0 Å². The summed E-state index contributed by atoms with van der Waals surface area (Å²) in [5.41, 5.74) is 0.983. The van der Waals surface area contributed by atoms with Crippen LogP contribution in [0.15, 0.2) is 11.1 Å². The Kier molecular flexibility index (Phi) is 3.38. The van der Waals surface area contributed by atoms with Crippen LogP contribution in [0.3, 0.4) is 0 Å². The summed E-state index contributed by atoms with van der Waals surface area (Å²) in [6.45, 7) is 1.82. The first-order valence-electron chi connectivity index (χ1n) is 5.71. The average molecular weight is 260 g/mol. The minimum atomic E-state index is -1.28. The van der Waals surface area contributed by atoms with Crippen molar-refractivity contribution in [2.24, 2.45) is 0 Å². The van der Waals surface area contributed by atoms with Gasteiger partial charge >= 0.3 is 5.97 Å². The molecule has 0 amide bonds. The molecular formula is C13H12N2O4. The van der Waals surface area contributed by atoms with E-state index in [9.17, 15) is 9.59 Å². The molecule has 0 aliphatic carbocycles. The third-order valence-corrected chi connectivity index (χ3v) is 2.84. The van der Waals surface area contributed by atoms with Crippen LogP contribution in [0.1, 0.15) is 35.2 Å². The first-order valence-corrected chi connectivity index (χ1v) is 5.71. The summed E-state index contributed by atoms with van der Waals surface area (Å²) in [7, 11) is 0. The second-order valence-electron chi connectivity index (χ2n) is 3.97. The summed E-state index contributed by atoms with van der Waals surface area (Å²) in [4.78, 5) is 27.5. The summed E-state index contributed by atoms with van der Waals surface area (Å²) in [6.07, 6.45) is 7.26. The van der Waals surface area contributed by atoms with Gasteiger partial charge in [0.25, 0.3) is 5.56 Å². The van der Waals surface area contributed by atoms with Gasteiger partial charge in [-0.3, -0.25) is 9.36 Å². The van der Waals surface area contributed by atoms with Crippen LogP contribution >= 0.6 is 0 Å². The SMILES string of the molecule is C#CCn1c(C(=O)O)nc2c(c1=O)COC=C2CC. The van der Waals surface area contributed by atoms with Gasteiger partial charge in [0.05, 0.1) is 24.1 Å². The monoisotopic (exact) mass is 260 g/mol. The molecule has 1 aromatic heterocycles. The highest BCUT2D eigenvalue weighted by molar-refractivity contribution is 5.84. The van der Waals surface area contributed by atoms with Gasteiger partial charge in [-0.15, -0.1) is 6.42 Å². The van der Waals surface area contributed by atoms with Crippen molar-refractivity contribution < 1.29 is 14.6 Å². The van der Waals surface area contributed by atoms with Crippen molar-refractivity contribution >= 4 is 11.5 Å². The molecular weight excluding hydrogens is 248 g/mol. The van der Waals surface area contributed by atoms with E-state index in [4.69, 9.17) is 16.3 Å². The highest BCUT2D eigenvalue weighted by atomic mass is 16.5. The molecule has 0 saturated heterocycles. The van der Waals surface area contributed by atoms with Gasteiger partial charge in [0, 0.05) is 5.57 Å². The number of allylic oxidation sites excluding steroid dienone is 1. The van der Waals surface area contributed by atoms with Crippen LogP contribution in [0.2, 0.25) is 0 Å². The number of ether oxygens (including phenoxy) is 1. The molecule has 0 fully saturated rings. The molecule has 6 heteroatoms. The number of nitrogens with zero attached hydrogens (tertiary/aromatic N) is 2. The van der Waals surface area contributed by atoms with Crippen LogP contribution in [-0.2, 0) is 17.9 Å². The lowest BCUT2D eigenvalue weighted by Crippen LogP contribution is -2.33. The molecule has 0 spiro atoms. The van der Waals surface area contributed by atoms with Crippen molar-refractivity contribution in [3.8, 4) is 12.3 Å². The maximum absolute atomic E-state index is 12.2. The topological polar surface area (TPSA) is 81.4 Å². The molecule has 1 aliphatic rings. The standard InChI is InChI=1S/C13H12N2O4/c1-3-5-15-11(13(17)18)14-10-8(4-2)6-19-7-9(10)12(15)16/h1,6H,4-5,7H2,2H3,(H,17,18). The largest absolute Gasteiger partial charge is 0.496 e. The Hall–Kier alpha value is -2.55. The molecule has 1 N–H and O–H groups in total. The van der Waals surface area contributed by atoms with Gasteiger partial charge in [-0.25, -0.2) is 9.78 Å². The number of hydrogen-bond acceptors (Lipinski definition) is 4. The molecule has 0 unspecified atom stereocenters. The van der Waals surface area contributed by atoms with Crippen LogP contribution in [0.5, 0.6) is 0 Å².